The first kappa shape index (κ1) is 23.8. The Bertz CT molecular complexity index is 631. The molecule has 2 N–H and O–H groups in total. The summed E-state index contributed by atoms with van der Waals surface area (Å²) in [6, 6.07) is 3.23. The molecule has 0 saturated heterocycles. The third-order valence-electron chi connectivity index (χ3n) is 5.39. The molecule has 1 rings (SSSR count). The Kier molecular flexibility index (Phi) is 8.33. The summed E-state index contributed by atoms with van der Waals surface area (Å²) in [5.41, 5.74) is 0.458. The second-order valence-electron chi connectivity index (χ2n) is 8.51. The summed E-state index contributed by atoms with van der Waals surface area (Å²) >= 11 is 0. The zero-order valence-corrected chi connectivity index (χ0v) is 17.9. The lowest BCUT2D eigenvalue weighted by molar-refractivity contribution is -0.141. The second kappa shape index (κ2) is 9.80. The SMILES string of the molecule is COC(=O)CCCC(C)(C)c1cc(O)c(C(C)(C)CCCC(=O)OC)cc1O. The summed E-state index contributed by atoms with van der Waals surface area (Å²) in [6.07, 6.45) is 3.21. The van der Waals surface area contributed by atoms with Gasteiger partial charge in [-0.05, 0) is 48.6 Å². The van der Waals surface area contributed by atoms with Gasteiger partial charge >= 0.3 is 11.9 Å². The normalized spacial score (nSPS) is 11.9. The minimum absolute atomic E-state index is 0.122. The van der Waals surface area contributed by atoms with Crippen LogP contribution in [-0.2, 0) is 29.9 Å². The molecular formula is C22H34O6. The minimum Gasteiger partial charge on any atom is -0.508 e. The Morgan fingerprint density at radius 2 is 1.11 bits per heavy atom. The van der Waals surface area contributed by atoms with Crippen LogP contribution in [0.2, 0.25) is 0 Å². The van der Waals surface area contributed by atoms with Crippen molar-refractivity contribution in [2.75, 3.05) is 14.2 Å². The highest BCUT2D eigenvalue weighted by atomic mass is 16.5. The van der Waals surface area contributed by atoms with Gasteiger partial charge in [-0.3, -0.25) is 9.59 Å². The lowest BCUT2D eigenvalue weighted by atomic mass is 9.75. The van der Waals surface area contributed by atoms with Crippen LogP contribution in [0.3, 0.4) is 0 Å². The lowest BCUT2D eigenvalue weighted by Crippen LogP contribution is -2.21. The molecule has 158 valence electrons. The fourth-order valence-corrected chi connectivity index (χ4v) is 3.48. The number of aromatic hydroxyl groups is 2. The maximum atomic E-state index is 11.3. The van der Waals surface area contributed by atoms with Crippen LogP contribution >= 0.6 is 0 Å². The number of esters is 2. The summed E-state index contributed by atoms with van der Waals surface area (Å²) in [5.74, 6) is -0.271. The predicted octanol–water partition coefficient (Wildman–Crippen LogP) is 4.34. The van der Waals surface area contributed by atoms with Crippen molar-refractivity contribution in [1.82, 2.24) is 0 Å². The summed E-state index contributed by atoms with van der Waals surface area (Å²) in [5, 5.41) is 21.3. The number of benzene rings is 1. The van der Waals surface area contributed by atoms with Gasteiger partial charge in [-0.2, -0.15) is 0 Å². The number of hydrogen-bond acceptors (Lipinski definition) is 6. The van der Waals surface area contributed by atoms with E-state index in [1.165, 1.54) is 14.2 Å². The highest BCUT2D eigenvalue weighted by Crippen LogP contribution is 2.43. The van der Waals surface area contributed by atoms with E-state index in [1.54, 1.807) is 12.1 Å². The summed E-state index contributed by atoms with van der Waals surface area (Å²) in [7, 11) is 2.73. The lowest BCUT2D eigenvalue weighted by Gasteiger charge is -2.30. The molecule has 0 saturated carbocycles. The highest BCUT2D eigenvalue weighted by Gasteiger charge is 2.30. The molecule has 6 heteroatoms. The number of phenolic OH excluding ortho intramolecular Hbond substituents is 2. The van der Waals surface area contributed by atoms with E-state index in [0.29, 0.717) is 49.7 Å². The van der Waals surface area contributed by atoms with E-state index >= 15 is 0 Å². The monoisotopic (exact) mass is 394 g/mol. The number of methoxy groups -OCH3 is 2. The van der Waals surface area contributed by atoms with Crippen LogP contribution in [-0.4, -0.2) is 36.4 Å². The third-order valence-corrected chi connectivity index (χ3v) is 5.39. The largest absolute Gasteiger partial charge is 0.508 e. The van der Waals surface area contributed by atoms with Crippen molar-refractivity contribution in [2.24, 2.45) is 0 Å². The number of hydrogen-bond donors (Lipinski definition) is 2. The van der Waals surface area contributed by atoms with Crippen LogP contribution in [0.1, 0.15) is 77.3 Å². The third kappa shape index (κ3) is 6.43. The number of carbonyl (C=O) groups is 2. The van der Waals surface area contributed by atoms with Crippen molar-refractivity contribution in [1.29, 1.82) is 0 Å². The Hall–Kier alpha value is -2.24. The molecule has 0 atom stereocenters. The Balaban J connectivity index is 2.96. The molecule has 0 bridgehead atoms. The predicted molar refractivity (Wildman–Crippen MR) is 108 cm³/mol. The minimum atomic E-state index is -0.414. The van der Waals surface area contributed by atoms with Crippen LogP contribution in [0.25, 0.3) is 0 Å². The van der Waals surface area contributed by atoms with Gasteiger partial charge in [0.1, 0.15) is 11.5 Å². The van der Waals surface area contributed by atoms with Crippen molar-refractivity contribution in [3.8, 4) is 11.5 Å². The van der Waals surface area contributed by atoms with E-state index in [2.05, 4.69) is 9.47 Å². The number of rotatable bonds is 10. The van der Waals surface area contributed by atoms with Gasteiger partial charge in [0.15, 0.2) is 0 Å². The maximum absolute atomic E-state index is 11.3. The second-order valence-corrected chi connectivity index (χ2v) is 8.51. The van der Waals surface area contributed by atoms with Crippen molar-refractivity contribution >= 4 is 11.9 Å². The molecule has 0 radical (unpaired) electrons. The topological polar surface area (TPSA) is 93.1 Å². The maximum Gasteiger partial charge on any atom is 0.305 e. The molecule has 0 heterocycles. The Morgan fingerprint density at radius 1 is 0.786 bits per heavy atom. The molecule has 0 amide bonds. The molecule has 0 aliphatic carbocycles. The van der Waals surface area contributed by atoms with E-state index in [0.717, 1.165) is 0 Å². The van der Waals surface area contributed by atoms with Gasteiger partial charge in [0, 0.05) is 24.0 Å². The summed E-state index contributed by atoms with van der Waals surface area (Å²) in [6.45, 7) is 7.89. The van der Waals surface area contributed by atoms with Crippen LogP contribution in [0.4, 0.5) is 0 Å². The number of carbonyl (C=O) groups excluding carboxylic acids is 2. The first-order valence-electron chi connectivity index (χ1n) is 9.65. The average molecular weight is 395 g/mol. The Morgan fingerprint density at radius 3 is 1.39 bits per heavy atom. The van der Waals surface area contributed by atoms with Crippen LogP contribution in [0.5, 0.6) is 11.5 Å². The number of ether oxygens (including phenoxy) is 2. The van der Waals surface area contributed by atoms with Crippen molar-refractivity contribution in [3.05, 3.63) is 23.3 Å². The fraction of sp³-hybridized carbons (Fsp3) is 0.636. The van der Waals surface area contributed by atoms with Gasteiger partial charge < -0.3 is 19.7 Å². The van der Waals surface area contributed by atoms with E-state index < -0.39 is 10.8 Å². The molecular weight excluding hydrogens is 360 g/mol. The quantitative estimate of drug-likeness (QED) is 0.453. The Labute approximate surface area is 167 Å². The first-order valence-corrected chi connectivity index (χ1v) is 9.65. The van der Waals surface area contributed by atoms with Crippen LogP contribution < -0.4 is 0 Å². The molecule has 0 aliphatic heterocycles. The smallest absolute Gasteiger partial charge is 0.305 e. The molecule has 6 nitrogen and oxygen atoms in total. The highest BCUT2D eigenvalue weighted by molar-refractivity contribution is 5.69. The first-order chi connectivity index (χ1) is 12.9. The van der Waals surface area contributed by atoms with E-state index in [-0.39, 0.29) is 23.4 Å². The average Bonchev–Trinajstić information content (AvgIpc) is 2.62. The van der Waals surface area contributed by atoms with E-state index in [4.69, 9.17) is 0 Å². The summed E-state index contributed by atoms with van der Waals surface area (Å²) < 4.78 is 9.33. The van der Waals surface area contributed by atoms with Gasteiger partial charge in [0.25, 0.3) is 0 Å². The molecule has 0 unspecified atom stereocenters. The zero-order valence-electron chi connectivity index (χ0n) is 17.9. The molecule has 0 spiro atoms. The summed E-state index contributed by atoms with van der Waals surface area (Å²) in [4.78, 5) is 22.6. The molecule has 28 heavy (non-hydrogen) atoms. The standard InChI is InChI=1S/C22H34O6/c1-21(2,11-7-9-19(25)27-5)15-13-18(24)16(14-17(15)23)22(3,4)12-8-10-20(26)28-6/h13-14,23-24H,7-12H2,1-6H3. The molecule has 1 aromatic rings. The van der Waals surface area contributed by atoms with E-state index in [9.17, 15) is 19.8 Å². The van der Waals surface area contributed by atoms with Crippen molar-refractivity contribution < 1.29 is 29.3 Å². The van der Waals surface area contributed by atoms with E-state index in [1.807, 2.05) is 27.7 Å². The van der Waals surface area contributed by atoms with Gasteiger partial charge in [-0.15, -0.1) is 0 Å². The van der Waals surface area contributed by atoms with Gasteiger partial charge in [0.2, 0.25) is 0 Å². The fourth-order valence-electron chi connectivity index (χ4n) is 3.48. The molecule has 0 aliphatic rings. The van der Waals surface area contributed by atoms with Gasteiger partial charge in [-0.25, -0.2) is 0 Å². The van der Waals surface area contributed by atoms with Crippen LogP contribution in [0, 0.1) is 0 Å². The molecule has 0 fully saturated rings. The molecule has 1 aromatic carbocycles. The van der Waals surface area contributed by atoms with Crippen molar-refractivity contribution in [3.63, 3.8) is 0 Å². The van der Waals surface area contributed by atoms with Gasteiger partial charge in [-0.1, -0.05) is 27.7 Å². The van der Waals surface area contributed by atoms with Crippen LogP contribution in [0.15, 0.2) is 12.1 Å². The molecule has 0 aromatic heterocycles. The zero-order chi connectivity index (χ0) is 21.5. The number of phenols is 2. The van der Waals surface area contributed by atoms with Gasteiger partial charge in [0.05, 0.1) is 14.2 Å². The van der Waals surface area contributed by atoms with Crippen molar-refractivity contribution in [2.45, 2.75) is 77.0 Å².